The standard InChI is InChI=1S/C24H23F2N5O2/c1-3-14-10-19-22(29-20(14)13-32)21(25)16(11-28-19)12-31-8-6-15(7-9-31)17-4-5-18(24(33)27-2)30-23(17)26/h4-6,8,10-11,18,29H,3,7,9,12H2,1-2H3,(H,27,33). The number of halogens is 2. The number of aromatic nitrogens is 1. The Morgan fingerprint density at radius 2 is 2.18 bits per heavy atom. The number of amides is 1. The van der Waals surface area contributed by atoms with Crippen molar-refractivity contribution < 1.29 is 18.4 Å². The van der Waals surface area contributed by atoms with Gasteiger partial charge in [0.15, 0.2) is 11.8 Å². The van der Waals surface area contributed by atoms with Gasteiger partial charge in [-0.1, -0.05) is 13.0 Å². The minimum Gasteiger partial charge on any atom is -0.373 e. The molecule has 2 N–H and O–H groups in total. The molecule has 1 amide bonds. The summed E-state index contributed by atoms with van der Waals surface area (Å²) in [6.45, 7) is 2.70. The molecule has 0 saturated heterocycles. The Morgan fingerprint density at radius 1 is 1.36 bits per heavy atom. The third kappa shape index (κ3) is 4.40. The van der Waals surface area contributed by atoms with E-state index < -0.39 is 17.8 Å². The Morgan fingerprint density at radius 3 is 2.82 bits per heavy atom. The highest BCUT2D eigenvalue weighted by Crippen LogP contribution is 2.32. The minimum atomic E-state index is -0.866. The molecule has 1 atom stereocenters. The summed E-state index contributed by atoms with van der Waals surface area (Å²) in [7, 11) is 1.48. The number of carbonyl (C=O) groups excluding carboxylic acids is 2. The van der Waals surface area contributed by atoms with Crippen molar-refractivity contribution in [2.75, 3.05) is 18.9 Å². The van der Waals surface area contributed by atoms with Gasteiger partial charge in [0.2, 0.25) is 11.9 Å². The highest BCUT2D eigenvalue weighted by atomic mass is 19.1. The molecule has 0 bridgehead atoms. The van der Waals surface area contributed by atoms with E-state index in [0.29, 0.717) is 36.2 Å². The van der Waals surface area contributed by atoms with Crippen LogP contribution in [0.3, 0.4) is 0 Å². The number of nitrogens with zero attached hydrogens (tertiary/aromatic N) is 3. The van der Waals surface area contributed by atoms with Crippen molar-refractivity contribution >= 4 is 29.6 Å². The zero-order valence-corrected chi connectivity index (χ0v) is 18.3. The maximum absolute atomic E-state index is 15.2. The molecule has 9 heteroatoms. The molecular weight excluding hydrogens is 428 g/mol. The number of aliphatic imine (C=N–C) groups is 1. The SMILES string of the molecule is CCC1=Cc2ncc(CN3C=CC(=C4C=CC(C(=O)NC)N=C4F)CC3)c(F)c2NC1=C=O. The van der Waals surface area contributed by atoms with Gasteiger partial charge in [-0.3, -0.25) is 9.78 Å². The van der Waals surface area contributed by atoms with Crippen molar-refractivity contribution in [2.24, 2.45) is 4.99 Å². The van der Waals surface area contributed by atoms with Gasteiger partial charge in [-0.15, -0.1) is 0 Å². The van der Waals surface area contributed by atoms with Crippen LogP contribution in [-0.2, 0) is 16.1 Å². The first kappa shape index (κ1) is 22.4. The summed E-state index contributed by atoms with van der Waals surface area (Å²) in [6.07, 6.45) is 11.0. The van der Waals surface area contributed by atoms with Crippen LogP contribution in [0.15, 0.2) is 58.0 Å². The largest absolute Gasteiger partial charge is 0.373 e. The van der Waals surface area contributed by atoms with E-state index in [-0.39, 0.29) is 23.8 Å². The molecule has 3 aliphatic rings. The van der Waals surface area contributed by atoms with Gasteiger partial charge in [-0.25, -0.2) is 14.2 Å². The van der Waals surface area contributed by atoms with Crippen LogP contribution in [-0.4, -0.2) is 47.3 Å². The van der Waals surface area contributed by atoms with Crippen molar-refractivity contribution in [3.63, 3.8) is 0 Å². The van der Waals surface area contributed by atoms with Gasteiger partial charge >= 0.3 is 0 Å². The van der Waals surface area contributed by atoms with Crippen LogP contribution in [0.2, 0.25) is 0 Å². The number of fused-ring (bicyclic) bond motifs is 1. The van der Waals surface area contributed by atoms with Crippen molar-refractivity contribution in [1.29, 1.82) is 0 Å². The first-order chi connectivity index (χ1) is 15.9. The van der Waals surface area contributed by atoms with Crippen molar-refractivity contribution in [3.05, 3.63) is 70.1 Å². The lowest BCUT2D eigenvalue weighted by atomic mass is 9.99. The molecule has 0 aliphatic carbocycles. The van der Waals surface area contributed by atoms with Crippen LogP contribution < -0.4 is 10.6 Å². The second-order valence-corrected chi connectivity index (χ2v) is 7.80. The minimum absolute atomic E-state index is 0.170. The summed E-state index contributed by atoms with van der Waals surface area (Å²) in [6, 6.07) is -0.866. The lowest BCUT2D eigenvalue weighted by Crippen LogP contribution is -2.31. The van der Waals surface area contributed by atoms with Gasteiger partial charge in [0, 0.05) is 37.5 Å². The van der Waals surface area contributed by atoms with Crippen molar-refractivity contribution in [1.82, 2.24) is 15.2 Å². The van der Waals surface area contributed by atoms with Gasteiger partial charge < -0.3 is 15.5 Å². The Labute approximate surface area is 190 Å². The number of rotatable bonds is 4. The van der Waals surface area contributed by atoms with E-state index in [0.717, 1.165) is 11.1 Å². The van der Waals surface area contributed by atoms with E-state index in [4.69, 9.17) is 0 Å². The number of dihydropyridines is 1. The summed E-state index contributed by atoms with van der Waals surface area (Å²) in [5.41, 5.74) is 3.04. The quantitative estimate of drug-likeness (QED) is 0.687. The van der Waals surface area contributed by atoms with Crippen LogP contribution in [0.5, 0.6) is 0 Å². The zero-order chi connectivity index (χ0) is 23.5. The van der Waals surface area contributed by atoms with E-state index in [9.17, 15) is 14.0 Å². The molecule has 1 unspecified atom stereocenters. The molecule has 170 valence electrons. The molecular formula is C24H23F2N5O2. The highest BCUT2D eigenvalue weighted by Gasteiger charge is 2.24. The molecule has 0 radical (unpaired) electrons. The number of anilines is 1. The number of hydrogen-bond acceptors (Lipinski definition) is 6. The van der Waals surface area contributed by atoms with Gasteiger partial charge in [-0.05, 0) is 48.4 Å². The maximum Gasteiger partial charge on any atom is 0.248 e. The van der Waals surface area contributed by atoms with Gasteiger partial charge in [0.25, 0.3) is 0 Å². The van der Waals surface area contributed by atoms with Crippen molar-refractivity contribution in [2.45, 2.75) is 32.4 Å². The molecule has 1 aromatic rings. The molecule has 0 saturated carbocycles. The summed E-state index contributed by atoms with van der Waals surface area (Å²) < 4.78 is 29.6. The number of carbonyl (C=O) groups is 1. The average Bonchev–Trinajstić information content (AvgIpc) is 2.85. The van der Waals surface area contributed by atoms with Gasteiger partial charge in [0.1, 0.15) is 17.4 Å². The third-order valence-corrected chi connectivity index (χ3v) is 5.79. The Balaban J connectivity index is 1.51. The topological polar surface area (TPSA) is 86.7 Å². The molecule has 33 heavy (non-hydrogen) atoms. The predicted octanol–water partition coefficient (Wildman–Crippen LogP) is 3.22. The highest BCUT2D eigenvalue weighted by molar-refractivity contribution is 6.00. The van der Waals surface area contributed by atoms with Gasteiger partial charge in [0.05, 0.1) is 5.69 Å². The normalized spacial score (nSPS) is 21.6. The molecule has 3 aliphatic heterocycles. The van der Waals surface area contributed by atoms with Crippen LogP contribution in [0.1, 0.15) is 31.0 Å². The van der Waals surface area contributed by atoms with E-state index in [1.165, 1.54) is 13.2 Å². The fourth-order valence-corrected chi connectivity index (χ4v) is 3.91. The van der Waals surface area contributed by atoms with E-state index >= 15 is 4.39 Å². The zero-order valence-electron chi connectivity index (χ0n) is 18.3. The number of allylic oxidation sites excluding steroid dienone is 4. The van der Waals surface area contributed by atoms with E-state index in [2.05, 4.69) is 20.6 Å². The smallest absolute Gasteiger partial charge is 0.248 e. The molecule has 0 fully saturated rings. The van der Waals surface area contributed by atoms with Crippen LogP contribution in [0.25, 0.3) is 6.08 Å². The van der Waals surface area contributed by atoms with Crippen LogP contribution in [0.4, 0.5) is 14.5 Å². The summed E-state index contributed by atoms with van der Waals surface area (Å²) in [5.74, 6) is 0.312. The number of hydrogen-bond donors (Lipinski definition) is 2. The number of likely N-dealkylation sites (N-methyl/N-ethyl adjacent to an activating group) is 1. The summed E-state index contributed by atoms with van der Waals surface area (Å²) >= 11 is 0. The first-order valence-corrected chi connectivity index (χ1v) is 10.6. The maximum atomic E-state index is 15.2. The Kier molecular flexibility index (Phi) is 6.33. The van der Waals surface area contributed by atoms with Crippen molar-refractivity contribution in [3.8, 4) is 0 Å². The molecule has 1 aromatic heterocycles. The van der Waals surface area contributed by atoms with Gasteiger partial charge in [-0.2, -0.15) is 4.39 Å². The Hall–Kier alpha value is -3.84. The fourth-order valence-electron chi connectivity index (χ4n) is 3.91. The second kappa shape index (κ2) is 9.34. The van der Waals surface area contributed by atoms with E-state index in [1.807, 2.05) is 17.8 Å². The number of nitrogens with one attached hydrogen (secondary N) is 2. The fraction of sp³-hybridized carbons (Fsp3) is 0.292. The summed E-state index contributed by atoms with van der Waals surface area (Å²) in [5, 5.41) is 5.27. The Bertz CT molecular complexity index is 1210. The summed E-state index contributed by atoms with van der Waals surface area (Å²) in [4.78, 5) is 32.9. The molecule has 4 rings (SSSR count). The monoisotopic (exact) mass is 451 g/mol. The van der Waals surface area contributed by atoms with Crippen LogP contribution in [0, 0.1) is 5.82 Å². The predicted molar refractivity (Wildman–Crippen MR) is 122 cm³/mol. The molecule has 7 nitrogen and oxygen atoms in total. The van der Waals surface area contributed by atoms with Crippen LogP contribution >= 0.6 is 0 Å². The number of pyridine rings is 1. The first-order valence-electron chi connectivity index (χ1n) is 10.6. The molecule has 0 aromatic carbocycles. The lowest BCUT2D eigenvalue weighted by molar-refractivity contribution is -0.120. The molecule has 0 spiro atoms. The average molecular weight is 451 g/mol. The third-order valence-electron chi connectivity index (χ3n) is 5.79. The van der Waals surface area contributed by atoms with E-state index in [1.54, 1.807) is 30.5 Å². The molecule has 4 heterocycles. The second-order valence-electron chi connectivity index (χ2n) is 7.80. The lowest BCUT2D eigenvalue weighted by Gasteiger charge is -2.27.